The summed E-state index contributed by atoms with van der Waals surface area (Å²) in [7, 11) is 0.328. The van der Waals surface area contributed by atoms with Gasteiger partial charge in [-0.25, -0.2) is 0 Å². The largest absolute Gasteiger partial charge is 0.420 e. The summed E-state index contributed by atoms with van der Waals surface area (Å²) in [5.74, 6) is 0. The molecule has 4 nitrogen and oxygen atoms in total. The van der Waals surface area contributed by atoms with Gasteiger partial charge in [0, 0.05) is 7.11 Å². The Kier molecular flexibility index (Phi) is 24.7. The van der Waals surface area contributed by atoms with E-state index in [0.717, 1.165) is 0 Å². The Morgan fingerprint density at radius 1 is 0.462 bits per heavy atom. The van der Waals surface area contributed by atoms with Crippen LogP contribution >= 0.6 is 0 Å². The molecule has 0 heterocycles. The molecule has 236 valence electrons. The second-order valence-corrected chi connectivity index (χ2v) is 17.1. The summed E-state index contributed by atoms with van der Waals surface area (Å²) in [5.41, 5.74) is 0.437. The predicted molar refractivity (Wildman–Crippen MR) is 180 cm³/mol. The highest BCUT2D eigenvalue weighted by molar-refractivity contribution is 6.73. The molecular weight excluding hydrogens is 494 g/mol. The van der Waals surface area contributed by atoms with Crippen molar-refractivity contribution >= 4 is 8.32 Å². The fourth-order valence-corrected chi connectivity index (χ4v) is 10.7. The van der Waals surface area contributed by atoms with Crippen molar-refractivity contribution in [3.63, 3.8) is 0 Å². The van der Waals surface area contributed by atoms with Gasteiger partial charge < -0.3 is 19.1 Å². The van der Waals surface area contributed by atoms with Gasteiger partial charge in [0.15, 0.2) is 8.32 Å². The lowest BCUT2D eigenvalue weighted by Crippen LogP contribution is -2.43. The highest BCUT2D eigenvalue weighted by atomic mass is 28.4. The minimum Gasteiger partial charge on any atom is -0.420 e. The first-order valence-electron chi connectivity index (χ1n) is 17.6. The summed E-state index contributed by atoms with van der Waals surface area (Å²) >= 11 is 0. The van der Waals surface area contributed by atoms with Crippen molar-refractivity contribution in [2.75, 3.05) is 66.0 Å². The maximum atomic E-state index is 6.51. The minimum atomic E-state index is -1.72. The maximum absolute atomic E-state index is 6.51. The van der Waals surface area contributed by atoms with Gasteiger partial charge in [0.25, 0.3) is 0 Å². The Balaban J connectivity index is 5.92. The molecule has 0 amide bonds. The molecular formula is C34H75N3OSi. The first-order chi connectivity index (χ1) is 18.9. The summed E-state index contributed by atoms with van der Waals surface area (Å²) in [4.78, 5) is 8.21. The van der Waals surface area contributed by atoms with Gasteiger partial charge in [0.05, 0.1) is 0 Å². The molecule has 0 atom stereocenters. The predicted octanol–water partition coefficient (Wildman–Crippen LogP) is 9.31. The van der Waals surface area contributed by atoms with Crippen molar-refractivity contribution in [1.29, 1.82) is 0 Å². The third-order valence-electron chi connectivity index (χ3n) is 9.20. The minimum absolute atomic E-state index is 0.437. The maximum Gasteiger partial charge on any atom is 0.192 e. The van der Waals surface area contributed by atoms with Crippen molar-refractivity contribution in [2.24, 2.45) is 5.41 Å². The van der Waals surface area contributed by atoms with Crippen LogP contribution in [0, 0.1) is 5.41 Å². The molecule has 0 aromatic rings. The summed E-state index contributed by atoms with van der Waals surface area (Å²) in [6, 6.07) is 3.89. The van der Waals surface area contributed by atoms with Gasteiger partial charge in [-0.3, -0.25) is 0 Å². The smallest absolute Gasteiger partial charge is 0.192 e. The molecule has 0 saturated carbocycles. The van der Waals surface area contributed by atoms with Crippen molar-refractivity contribution in [1.82, 2.24) is 14.7 Å². The Morgan fingerprint density at radius 3 is 0.949 bits per heavy atom. The van der Waals surface area contributed by atoms with Crippen LogP contribution in [-0.2, 0) is 4.43 Å². The van der Waals surface area contributed by atoms with Gasteiger partial charge in [0.2, 0.25) is 0 Å². The Bertz CT molecular complexity index is 447. The Labute approximate surface area is 249 Å². The first kappa shape index (κ1) is 39.1. The number of rotatable bonds is 29. The fraction of sp³-hybridized carbons (Fsp3) is 1.00. The number of hydrogen-bond acceptors (Lipinski definition) is 4. The van der Waals surface area contributed by atoms with Crippen molar-refractivity contribution in [2.45, 2.75) is 151 Å². The van der Waals surface area contributed by atoms with Crippen LogP contribution in [0.3, 0.4) is 0 Å². The van der Waals surface area contributed by atoms with Crippen LogP contribution in [0.2, 0.25) is 18.1 Å². The SMILES string of the molecule is CCCN(CCC)CCCC(CCCN(CCC)CCC)(CCCN(CCC)CCC)C[Si](CC)(CC)OC. The summed E-state index contributed by atoms with van der Waals surface area (Å²) in [5, 5.41) is 0. The molecule has 0 aromatic carbocycles. The van der Waals surface area contributed by atoms with Crippen LogP contribution in [0.1, 0.15) is 132 Å². The van der Waals surface area contributed by atoms with Crippen LogP contribution in [0.5, 0.6) is 0 Å². The van der Waals surface area contributed by atoms with E-state index in [9.17, 15) is 0 Å². The van der Waals surface area contributed by atoms with E-state index in [0.29, 0.717) is 5.41 Å². The molecule has 0 fully saturated rings. The van der Waals surface area contributed by atoms with Gasteiger partial charge in [-0.1, -0.05) is 55.4 Å². The molecule has 0 spiro atoms. The molecule has 39 heavy (non-hydrogen) atoms. The summed E-state index contributed by atoms with van der Waals surface area (Å²) < 4.78 is 6.51. The summed E-state index contributed by atoms with van der Waals surface area (Å²) in [6.45, 7) is 30.2. The molecule has 5 heteroatoms. The highest BCUT2D eigenvalue weighted by Gasteiger charge is 2.41. The van der Waals surface area contributed by atoms with E-state index in [1.54, 1.807) is 0 Å². The van der Waals surface area contributed by atoms with E-state index in [1.165, 1.54) is 154 Å². The van der Waals surface area contributed by atoms with E-state index >= 15 is 0 Å². The number of hydrogen-bond donors (Lipinski definition) is 0. The monoisotopic (exact) mass is 570 g/mol. The van der Waals surface area contributed by atoms with Crippen LogP contribution in [-0.4, -0.2) is 89.0 Å². The zero-order valence-corrected chi connectivity index (χ0v) is 29.7. The van der Waals surface area contributed by atoms with E-state index in [1.807, 2.05) is 7.11 Å². The average Bonchev–Trinajstić information content (AvgIpc) is 2.92. The van der Waals surface area contributed by atoms with Crippen LogP contribution in [0.25, 0.3) is 0 Å². The third kappa shape index (κ3) is 16.9. The second-order valence-electron chi connectivity index (χ2n) is 12.6. The van der Waals surface area contributed by atoms with Gasteiger partial charge in [0.1, 0.15) is 0 Å². The molecule has 0 aliphatic heterocycles. The van der Waals surface area contributed by atoms with E-state index in [-0.39, 0.29) is 0 Å². The topological polar surface area (TPSA) is 19.0 Å². The summed E-state index contributed by atoms with van der Waals surface area (Å²) in [6.07, 6.45) is 15.8. The average molecular weight is 570 g/mol. The molecule has 0 aliphatic carbocycles. The molecule has 0 rings (SSSR count). The molecule has 0 aliphatic rings. The van der Waals surface area contributed by atoms with Gasteiger partial charge >= 0.3 is 0 Å². The van der Waals surface area contributed by atoms with Gasteiger partial charge in [-0.2, -0.15) is 0 Å². The van der Waals surface area contributed by atoms with E-state index in [4.69, 9.17) is 4.43 Å². The van der Waals surface area contributed by atoms with Crippen LogP contribution in [0.4, 0.5) is 0 Å². The molecule has 0 saturated heterocycles. The lowest BCUT2D eigenvalue weighted by atomic mass is 9.76. The van der Waals surface area contributed by atoms with E-state index < -0.39 is 8.32 Å². The lowest BCUT2D eigenvalue weighted by Gasteiger charge is -2.42. The Hall–Kier alpha value is 0.0569. The third-order valence-corrected chi connectivity index (χ3v) is 14.0. The number of nitrogens with zero attached hydrogens (tertiary/aromatic N) is 3. The normalized spacial score (nSPS) is 12.9. The molecule has 0 aromatic heterocycles. The zero-order valence-electron chi connectivity index (χ0n) is 28.7. The lowest BCUT2D eigenvalue weighted by molar-refractivity contribution is 0.167. The van der Waals surface area contributed by atoms with Crippen LogP contribution in [0.15, 0.2) is 0 Å². The molecule has 0 unspecified atom stereocenters. The first-order valence-corrected chi connectivity index (χ1v) is 20.1. The van der Waals surface area contributed by atoms with E-state index in [2.05, 4.69) is 70.1 Å². The highest BCUT2D eigenvalue weighted by Crippen LogP contribution is 2.45. The van der Waals surface area contributed by atoms with Crippen molar-refractivity contribution in [3.05, 3.63) is 0 Å². The zero-order chi connectivity index (χ0) is 29.4. The molecule has 0 radical (unpaired) electrons. The standard InChI is InChI=1S/C34H75N3OSi/c1-10-24-35(25-11-2)30-18-21-34(33-39(16-7,17-8)38-9,22-19-31-36(26-12-3)27-13-4)23-20-32-37(28-14-5)29-15-6/h10-33H2,1-9H3. The van der Waals surface area contributed by atoms with Gasteiger partial charge in [-0.15, -0.1) is 0 Å². The molecule has 0 bridgehead atoms. The Morgan fingerprint density at radius 2 is 0.744 bits per heavy atom. The second kappa shape index (κ2) is 24.6. The molecule has 0 N–H and O–H groups in total. The van der Waals surface area contributed by atoms with Crippen molar-refractivity contribution in [3.8, 4) is 0 Å². The van der Waals surface area contributed by atoms with Crippen LogP contribution < -0.4 is 0 Å². The quantitative estimate of drug-likeness (QED) is 0.0835. The van der Waals surface area contributed by atoms with Gasteiger partial charge in [-0.05, 0) is 159 Å². The fourth-order valence-electron chi connectivity index (χ4n) is 7.12. The van der Waals surface area contributed by atoms with Crippen molar-refractivity contribution < 1.29 is 4.43 Å².